The van der Waals surface area contributed by atoms with Crippen LogP contribution in [0.4, 0.5) is 0 Å². The first kappa shape index (κ1) is 11.7. The molecule has 0 bridgehead atoms. The Labute approximate surface area is 101 Å². The number of methoxy groups -OCH3 is 1. The van der Waals surface area contributed by atoms with Crippen LogP contribution >= 0.6 is 0 Å². The number of benzene rings is 1. The number of aryl methyl sites for hydroxylation is 1. The standard InChI is InChI=1S/C13H17N3O/c1-17-12-6-4-10(5-7-12)13-9-11(15-16-13)3-2-8-14/h4-7,9H,2-3,8,14H2,1H3,(H,15,16). The Balaban J connectivity index is 2.12. The lowest BCUT2D eigenvalue weighted by Crippen LogP contribution is -2.00. The number of ether oxygens (including phenoxy) is 1. The lowest BCUT2D eigenvalue weighted by molar-refractivity contribution is 0.415. The van der Waals surface area contributed by atoms with Crippen LogP contribution in [0.2, 0.25) is 0 Å². The molecule has 90 valence electrons. The average molecular weight is 231 g/mol. The second-order valence-corrected chi connectivity index (χ2v) is 3.90. The zero-order valence-corrected chi connectivity index (χ0v) is 9.94. The number of aromatic nitrogens is 2. The van der Waals surface area contributed by atoms with E-state index in [1.165, 1.54) is 0 Å². The summed E-state index contributed by atoms with van der Waals surface area (Å²) < 4.78 is 5.12. The Morgan fingerprint density at radius 2 is 2.06 bits per heavy atom. The van der Waals surface area contributed by atoms with E-state index < -0.39 is 0 Å². The van der Waals surface area contributed by atoms with Crippen molar-refractivity contribution in [2.24, 2.45) is 5.73 Å². The van der Waals surface area contributed by atoms with Gasteiger partial charge in [0.15, 0.2) is 0 Å². The average Bonchev–Trinajstić information content (AvgIpc) is 2.85. The third-order valence-electron chi connectivity index (χ3n) is 2.67. The van der Waals surface area contributed by atoms with Crippen LogP contribution in [-0.2, 0) is 6.42 Å². The molecular formula is C13H17N3O. The molecule has 0 radical (unpaired) electrons. The van der Waals surface area contributed by atoms with Crippen LogP contribution in [0.25, 0.3) is 11.3 Å². The molecule has 17 heavy (non-hydrogen) atoms. The van der Waals surface area contributed by atoms with Crippen molar-refractivity contribution in [3.63, 3.8) is 0 Å². The van der Waals surface area contributed by atoms with Crippen LogP contribution in [0.15, 0.2) is 30.3 Å². The van der Waals surface area contributed by atoms with Crippen molar-refractivity contribution in [3.8, 4) is 17.0 Å². The maximum atomic E-state index is 5.48. The van der Waals surface area contributed by atoms with Crippen molar-refractivity contribution in [3.05, 3.63) is 36.0 Å². The highest BCUT2D eigenvalue weighted by Crippen LogP contribution is 2.21. The molecule has 0 spiro atoms. The summed E-state index contributed by atoms with van der Waals surface area (Å²) in [6.07, 6.45) is 1.92. The first-order valence-electron chi connectivity index (χ1n) is 5.72. The van der Waals surface area contributed by atoms with Gasteiger partial charge in [-0.1, -0.05) is 0 Å². The van der Waals surface area contributed by atoms with Crippen molar-refractivity contribution in [1.29, 1.82) is 0 Å². The monoisotopic (exact) mass is 231 g/mol. The van der Waals surface area contributed by atoms with Crippen molar-refractivity contribution in [1.82, 2.24) is 10.2 Å². The molecule has 4 heteroatoms. The van der Waals surface area contributed by atoms with Crippen molar-refractivity contribution >= 4 is 0 Å². The number of hydrogen-bond donors (Lipinski definition) is 2. The van der Waals surface area contributed by atoms with Crippen molar-refractivity contribution in [2.45, 2.75) is 12.8 Å². The van der Waals surface area contributed by atoms with E-state index in [0.717, 1.165) is 35.5 Å². The summed E-state index contributed by atoms with van der Waals surface area (Å²) in [4.78, 5) is 0. The van der Waals surface area contributed by atoms with Crippen molar-refractivity contribution < 1.29 is 4.74 Å². The van der Waals surface area contributed by atoms with E-state index in [1.807, 2.05) is 24.3 Å². The zero-order valence-electron chi connectivity index (χ0n) is 9.94. The van der Waals surface area contributed by atoms with Gasteiger partial charge in [-0.15, -0.1) is 0 Å². The molecule has 0 saturated heterocycles. The fourth-order valence-electron chi connectivity index (χ4n) is 1.69. The molecule has 0 amide bonds. The fraction of sp³-hybridized carbons (Fsp3) is 0.308. The Bertz CT molecular complexity index is 462. The highest BCUT2D eigenvalue weighted by Gasteiger charge is 2.03. The van der Waals surface area contributed by atoms with Gasteiger partial charge in [0.05, 0.1) is 12.8 Å². The van der Waals surface area contributed by atoms with Gasteiger partial charge in [-0.2, -0.15) is 5.10 Å². The largest absolute Gasteiger partial charge is 0.497 e. The van der Waals surface area contributed by atoms with Gasteiger partial charge in [-0.3, -0.25) is 5.10 Å². The summed E-state index contributed by atoms with van der Waals surface area (Å²) in [5, 5.41) is 7.32. The highest BCUT2D eigenvalue weighted by atomic mass is 16.5. The first-order valence-corrected chi connectivity index (χ1v) is 5.72. The van der Waals surface area contributed by atoms with Gasteiger partial charge in [-0.05, 0) is 49.7 Å². The quantitative estimate of drug-likeness (QED) is 0.827. The van der Waals surface area contributed by atoms with Gasteiger partial charge >= 0.3 is 0 Å². The van der Waals surface area contributed by atoms with Gasteiger partial charge in [0.2, 0.25) is 0 Å². The minimum absolute atomic E-state index is 0.705. The number of nitrogens with two attached hydrogens (primary N) is 1. The fourth-order valence-corrected chi connectivity index (χ4v) is 1.69. The SMILES string of the molecule is COc1ccc(-c2cc(CCCN)[nH]n2)cc1. The minimum atomic E-state index is 0.705. The van der Waals surface area contributed by atoms with Gasteiger partial charge in [0, 0.05) is 11.3 Å². The maximum Gasteiger partial charge on any atom is 0.118 e. The number of hydrogen-bond acceptors (Lipinski definition) is 3. The molecule has 0 atom stereocenters. The zero-order chi connectivity index (χ0) is 12.1. The summed E-state index contributed by atoms with van der Waals surface area (Å²) >= 11 is 0. The lowest BCUT2D eigenvalue weighted by Gasteiger charge is -2.00. The van der Waals surface area contributed by atoms with Gasteiger partial charge in [0.1, 0.15) is 5.75 Å². The molecule has 4 nitrogen and oxygen atoms in total. The van der Waals surface area contributed by atoms with E-state index in [0.29, 0.717) is 6.54 Å². The van der Waals surface area contributed by atoms with Crippen LogP contribution in [0, 0.1) is 0 Å². The van der Waals surface area contributed by atoms with E-state index >= 15 is 0 Å². The van der Waals surface area contributed by atoms with Gasteiger partial charge < -0.3 is 10.5 Å². The molecular weight excluding hydrogens is 214 g/mol. The van der Waals surface area contributed by atoms with Crippen LogP contribution in [0.3, 0.4) is 0 Å². The normalized spacial score (nSPS) is 10.5. The van der Waals surface area contributed by atoms with Crippen LogP contribution in [-0.4, -0.2) is 23.9 Å². The highest BCUT2D eigenvalue weighted by molar-refractivity contribution is 5.60. The molecule has 0 unspecified atom stereocenters. The number of nitrogens with zero attached hydrogens (tertiary/aromatic N) is 1. The molecule has 1 heterocycles. The molecule has 0 aliphatic carbocycles. The Morgan fingerprint density at radius 3 is 2.71 bits per heavy atom. The predicted molar refractivity (Wildman–Crippen MR) is 68.0 cm³/mol. The summed E-state index contributed by atoms with van der Waals surface area (Å²) in [6.45, 7) is 0.705. The summed E-state index contributed by atoms with van der Waals surface area (Å²) in [6, 6.07) is 9.94. The van der Waals surface area contributed by atoms with E-state index in [4.69, 9.17) is 10.5 Å². The van der Waals surface area contributed by atoms with Crippen LogP contribution in [0.5, 0.6) is 5.75 Å². The molecule has 1 aromatic heterocycles. The second-order valence-electron chi connectivity index (χ2n) is 3.90. The van der Waals surface area contributed by atoms with Crippen LogP contribution < -0.4 is 10.5 Å². The van der Waals surface area contributed by atoms with Gasteiger partial charge in [-0.25, -0.2) is 0 Å². The van der Waals surface area contributed by atoms with E-state index in [1.54, 1.807) is 7.11 Å². The van der Waals surface area contributed by atoms with Crippen molar-refractivity contribution in [2.75, 3.05) is 13.7 Å². The Morgan fingerprint density at radius 1 is 1.29 bits per heavy atom. The third-order valence-corrected chi connectivity index (χ3v) is 2.67. The van der Waals surface area contributed by atoms with Crippen LogP contribution in [0.1, 0.15) is 12.1 Å². The molecule has 3 N–H and O–H groups in total. The van der Waals surface area contributed by atoms with Gasteiger partial charge in [0.25, 0.3) is 0 Å². The molecule has 0 saturated carbocycles. The third kappa shape index (κ3) is 2.85. The topological polar surface area (TPSA) is 63.9 Å². The predicted octanol–water partition coefficient (Wildman–Crippen LogP) is 1.98. The molecule has 0 aliphatic rings. The van der Waals surface area contributed by atoms with E-state index in [-0.39, 0.29) is 0 Å². The molecule has 0 aliphatic heterocycles. The summed E-state index contributed by atoms with van der Waals surface area (Å²) in [7, 11) is 1.66. The number of nitrogens with one attached hydrogen (secondary N) is 1. The molecule has 2 rings (SSSR count). The Kier molecular flexibility index (Phi) is 3.77. The minimum Gasteiger partial charge on any atom is -0.497 e. The molecule has 0 fully saturated rings. The lowest BCUT2D eigenvalue weighted by atomic mass is 10.1. The first-order chi connectivity index (χ1) is 8.33. The molecule has 1 aromatic carbocycles. The second kappa shape index (κ2) is 5.50. The Hall–Kier alpha value is -1.81. The number of rotatable bonds is 5. The van der Waals surface area contributed by atoms with E-state index in [2.05, 4.69) is 16.3 Å². The smallest absolute Gasteiger partial charge is 0.118 e. The maximum absolute atomic E-state index is 5.48. The number of H-pyrrole nitrogens is 1. The van der Waals surface area contributed by atoms with E-state index in [9.17, 15) is 0 Å². The summed E-state index contributed by atoms with van der Waals surface area (Å²) in [5.41, 5.74) is 8.65. The number of aromatic amines is 1. The summed E-state index contributed by atoms with van der Waals surface area (Å²) in [5.74, 6) is 0.854. The molecule has 2 aromatic rings.